The number of ether oxygens (including phenoxy) is 1. The van der Waals surface area contributed by atoms with Gasteiger partial charge < -0.3 is 4.74 Å². The van der Waals surface area contributed by atoms with Gasteiger partial charge in [-0.2, -0.15) is 0 Å². The highest BCUT2D eigenvalue weighted by Crippen LogP contribution is 2.26. The summed E-state index contributed by atoms with van der Waals surface area (Å²) in [7, 11) is 0. The smallest absolute Gasteiger partial charge is 0.338 e. The summed E-state index contributed by atoms with van der Waals surface area (Å²) in [5.74, 6) is 0.974. The number of hydrogen-bond acceptors (Lipinski definition) is 3. The van der Waals surface area contributed by atoms with E-state index >= 15 is 0 Å². The monoisotopic (exact) mass is 530 g/mol. The van der Waals surface area contributed by atoms with E-state index < -0.39 is 0 Å². The molecule has 0 radical (unpaired) electrons. The largest absolute Gasteiger partial charge is 0.459 e. The van der Waals surface area contributed by atoms with Crippen molar-refractivity contribution in [3.05, 3.63) is 90.0 Å². The summed E-state index contributed by atoms with van der Waals surface area (Å²) >= 11 is 1.95. The van der Waals surface area contributed by atoms with Crippen molar-refractivity contribution in [2.24, 2.45) is 0 Å². The second-order valence-electron chi connectivity index (χ2n) is 10.3. The Hall–Kier alpha value is -2.52. The van der Waals surface area contributed by atoms with E-state index in [0.717, 1.165) is 37.7 Å². The number of esters is 1. The molecule has 0 spiro atoms. The molecule has 0 aliphatic rings. The van der Waals surface area contributed by atoms with Gasteiger partial charge in [0.1, 0.15) is 6.10 Å². The number of thioether (sulfide) groups is 1. The summed E-state index contributed by atoms with van der Waals surface area (Å²) in [5, 5.41) is 0. The number of carbonyl (C=O) groups excluding carboxylic acids is 1. The molecule has 0 N–H and O–H groups in total. The zero-order valence-corrected chi connectivity index (χ0v) is 24.3. The molecule has 3 aromatic carbocycles. The lowest BCUT2D eigenvalue weighted by Crippen LogP contribution is -2.18. The van der Waals surface area contributed by atoms with Crippen LogP contribution in [0.5, 0.6) is 0 Å². The lowest BCUT2D eigenvalue weighted by atomic mass is 10.0. The normalized spacial score (nSPS) is 11.8. The predicted octanol–water partition coefficient (Wildman–Crippen LogP) is 10.5. The van der Waals surface area contributed by atoms with Crippen molar-refractivity contribution >= 4 is 17.7 Å². The highest BCUT2D eigenvalue weighted by Gasteiger charge is 2.15. The van der Waals surface area contributed by atoms with Crippen LogP contribution < -0.4 is 0 Å². The Bertz CT molecular complexity index is 1030. The minimum Gasteiger partial charge on any atom is -0.459 e. The van der Waals surface area contributed by atoms with E-state index in [9.17, 15) is 4.79 Å². The Morgan fingerprint density at radius 3 is 1.97 bits per heavy atom. The predicted molar refractivity (Wildman–Crippen MR) is 164 cm³/mol. The number of carbonyl (C=O) groups is 1. The molecule has 0 aromatic heterocycles. The van der Waals surface area contributed by atoms with Crippen molar-refractivity contribution in [2.75, 3.05) is 5.75 Å². The molecule has 0 heterocycles. The van der Waals surface area contributed by atoms with E-state index in [1.54, 1.807) is 0 Å². The van der Waals surface area contributed by atoms with Crippen molar-refractivity contribution in [3.63, 3.8) is 0 Å². The SMILES string of the molecule is CCCCCCCCCSc1ccc(-c2ccc(C(=O)OC(CCC)CCCc3ccccc3)cc2)cc1. The van der Waals surface area contributed by atoms with Gasteiger partial charge in [-0.15, -0.1) is 11.8 Å². The zero-order chi connectivity index (χ0) is 26.8. The van der Waals surface area contributed by atoms with Crippen LogP contribution in [-0.4, -0.2) is 17.8 Å². The van der Waals surface area contributed by atoms with Gasteiger partial charge in [-0.05, 0) is 78.8 Å². The van der Waals surface area contributed by atoms with Crippen LogP contribution in [0.2, 0.25) is 0 Å². The topological polar surface area (TPSA) is 26.3 Å². The minimum absolute atomic E-state index is 0.0259. The Morgan fingerprint density at radius 2 is 1.32 bits per heavy atom. The van der Waals surface area contributed by atoms with Crippen molar-refractivity contribution in [2.45, 2.75) is 102 Å². The lowest BCUT2D eigenvalue weighted by Gasteiger charge is -2.17. The highest BCUT2D eigenvalue weighted by molar-refractivity contribution is 7.99. The first kappa shape index (κ1) is 30.0. The van der Waals surface area contributed by atoms with Gasteiger partial charge in [0.25, 0.3) is 0 Å². The van der Waals surface area contributed by atoms with Gasteiger partial charge in [-0.25, -0.2) is 4.79 Å². The number of benzene rings is 3. The van der Waals surface area contributed by atoms with Crippen LogP contribution in [0.25, 0.3) is 11.1 Å². The molecule has 0 fully saturated rings. The van der Waals surface area contributed by atoms with Gasteiger partial charge in [0, 0.05) is 4.90 Å². The van der Waals surface area contributed by atoms with E-state index in [1.807, 2.05) is 42.1 Å². The molecule has 2 nitrogen and oxygen atoms in total. The molecule has 38 heavy (non-hydrogen) atoms. The Labute approximate surface area is 235 Å². The second-order valence-corrected chi connectivity index (χ2v) is 11.4. The van der Waals surface area contributed by atoms with Crippen LogP contribution in [0.3, 0.4) is 0 Å². The summed E-state index contributed by atoms with van der Waals surface area (Å²) in [6, 6.07) is 27.2. The van der Waals surface area contributed by atoms with Gasteiger partial charge in [-0.1, -0.05) is 113 Å². The van der Waals surface area contributed by atoms with E-state index in [-0.39, 0.29) is 12.1 Å². The molecule has 1 atom stereocenters. The van der Waals surface area contributed by atoms with Crippen LogP contribution in [0.1, 0.15) is 100 Å². The molecule has 0 aliphatic carbocycles. The Morgan fingerprint density at radius 1 is 0.684 bits per heavy atom. The highest BCUT2D eigenvalue weighted by atomic mass is 32.2. The molecular weight excluding hydrogens is 484 g/mol. The first-order valence-electron chi connectivity index (χ1n) is 14.8. The van der Waals surface area contributed by atoms with Crippen molar-refractivity contribution in [1.29, 1.82) is 0 Å². The van der Waals surface area contributed by atoms with E-state index in [0.29, 0.717) is 5.56 Å². The minimum atomic E-state index is -0.216. The first-order valence-corrected chi connectivity index (χ1v) is 15.8. The average molecular weight is 531 g/mol. The third-order valence-electron chi connectivity index (χ3n) is 7.04. The number of unbranched alkanes of at least 4 members (excludes halogenated alkanes) is 6. The molecule has 0 bridgehead atoms. The van der Waals surface area contributed by atoms with E-state index in [4.69, 9.17) is 4.74 Å². The van der Waals surface area contributed by atoms with Gasteiger partial charge >= 0.3 is 5.97 Å². The Balaban J connectivity index is 1.43. The summed E-state index contributed by atoms with van der Waals surface area (Å²) in [6.45, 7) is 4.42. The maximum atomic E-state index is 12.8. The standard InChI is InChI=1S/C35H46O2S/c1-3-5-6-7-8-9-13-28-38-34-26-24-31(25-27-34)30-20-22-32(23-21-30)35(36)37-33(15-4-2)19-14-18-29-16-11-10-12-17-29/h10-12,16-17,20-27,33H,3-9,13-15,18-19,28H2,1-2H3. The molecule has 3 aromatic rings. The second kappa shape index (κ2) is 17.9. The van der Waals surface area contributed by atoms with Gasteiger partial charge in [0.05, 0.1) is 5.56 Å². The van der Waals surface area contributed by atoms with Gasteiger partial charge in [0.15, 0.2) is 0 Å². The molecule has 0 saturated carbocycles. The Kier molecular flexibility index (Phi) is 14.1. The molecular formula is C35H46O2S. The van der Waals surface area contributed by atoms with Gasteiger partial charge in [0.2, 0.25) is 0 Å². The molecule has 0 saturated heterocycles. The van der Waals surface area contributed by atoms with Crippen LogP contribution in [-0.2, 0) is 11.2 Å². The zero-order valence-electron chi connectivity index (χ0n) is 23.5. The number of rotatable bonds is 18. The molecule has 0 amide bonds. The summed E-state index contributed by atoms with van der Waals surface area (Å²) in [4.78, 5) is 14.2. The van der Waals surface area contributed by atoms with Crippen molar-refractivity contribution in [3.8, 4) is 11.1 Å². The maximum absolute atomic E-state index is 12.8. The fourth-order valence-corrected chi connectivity index (χ4v) is 5.69. The molecule has 204 valence electrons. The van der Waals surface area contributed by atoms with E-state index in [1.165, 1.54) is 66.7 Å². The molecule has 3 rings (SSSR count). The lowest BCUT2D eigenvalue weighted by molar-refractivity contribution is 0.0255. The van der Waals surface area contributed by atoms with Crippen LogP contribution in [0, 0.1) is 0 Å². The van der Waals surface area contributed by atoms with Crippen molar-refractivity contribution < 1.29 is 9.53 Å². The number of aryl methyl sites for hydroxylation is 1. The fraction of sp³-hybridized carbons (Fsp3) is 0.457. The summed E-state index contributed by atoms with van der Waals surface area (Å²) in [5.41, 5.74) is 4.26. The third kappa shape index (κ3) is 11.1. The van der Waals surface area contributed by atoms with Crippen LogP contribution in [0.4, 0.5) is 0 Å². The molecule has 1 unspecified atom stereocenters. The fourth-order valence-electron chi connectivity index (χ4n) is 4.77. The maximum Gasteiger partial charge on any atom is 0.338 e. The molecule has 0 aliphatic heterocycles. The van der Waals surface area contributed by atoms with Gasteiger partial charge in [-0.3, -0.25) is 0 Å². The van der Waals surface area contributed by atoms with E-state index in [2.05, 4.69) is 62.4 Å². The van der Waals surface area contributed by atoms with Crippen molar-refractivity contribution in [1.82, 2.24) is 0 Å². The summed E-state index contributed by atoms with van der Waals surface area (Å²) < 4.78 is 5.91. The molecule has 3 heteroatoms. The first-order chi connectivity index (χ1) is 18.7. The van der Waals surface area contributed by atoms with Crippen LogP contribution in [0.15, 0.2) is 83.8 Å². The number of hydrogen-bond donors (Lipinski definition) is 0. The average Bonchev–Trinajstić information content (AvgIpc) is 2.95. The quantitative estimate of drug-likeness (QED) is 0.0929. The van der Waals surface area contributed by atoms with Crippen LogP contribution >= 0.6 is 11.8 Å². The summed E-state index contributed by atoms with van der Waals surface area (Å²) in [6.07, 6.45) is 14.3. The third-order valence-corrected chi connectivity index (χ3v) is 8.14.